The van der Waals surface area contributed by atoms with E-state index >= 15 is 0 Å². The highest BCUT2D eigenvalue weighted by molar-refractivity contribution is 5.85. The quantitative estimate of drug-likeness (QED) is 0.862. The summed E-state index contributed by atoms with van der Waals surface area (Å²) in [5.74, 6) is -0.524. The van der Waals surface area contributed by atoms with Crippen LogP contribution in [0.15, 0.2) is 18.2 Å². The van der Waals surface area contributed by atoms with Gasteiger partial charge in [-0.15, -0.1) is 0 Å². The van der Waals surface area contributed by atoms with Gasteiger partial charge < -0.3 is 14.8 Å². The Kier molecular flexibility index (Phi) is 6.17. The molecule has 0 saturated carbocycles. The van der Waals surface area contributed by atoms with E-state index in [0.29, 0.717) is 5.69 Å². The van der Waals surface area contributed by atoms with Crippen LogP contribution in [0.5, 0.6) is 0 Å². The lowest BCUT2D eigenvalue weighted by molar-refractivity contribution is 0.0635. The molecule has 6 heteroatoms. The number of hydrogen-bond donors (Lipinski definition) is 2. The second kappa shape index (κ2) is 7.45. The Morgan fingerprint density at radius 3 is 2.45 bits per heavy atom. The Hall–Kier alpha value is -1.82. The van der Waals surface area contributed by atoms with Crippen LogP contribution in [0.3, 0.4) is 0 Å². The summed E-state index contributed by atoms with van der Waals surface area (Å²) in [6.45, 7) is 9.12. The van der Waals surface area contributed by atoms with Gasteiger partial charge in [-0.3, -0.25) is 5.32 Å². The molecule has 2 unspecified atom stereocenters. The Morgan fingerprint density at radius 1 is 1.27 bits per heavy atom. The van der Waals surface area contributed by atoms with Gasteiger partial charge in [0.2, 0.25) is 0 Å². The maximum absolute atomic E-state index is 13.8. The number of anilines is 2. The molecule has 1 rings (SSSR count). The maximum atomic E-state index is 13.8. The minimum atomic E-state index is -0.693. The SMILES string of the molecule is COC(C)C(C)Nc1ccc(F)c(NC(=O)OC(C)(C)C)c1. The lowest BCUT2D eigenvalue weighted by Crippen LogP contribution is -2.30. The average Bonchev–Trinajstić information content (AvgIpc) is 2.39. The maximum Gasteiger partial charge on any atom is 0.412 e. The lowest BCUT2D eigenvalue weighted by Gasteiger charge is -2.22. The molecular formula is C16H25FN2O3. The largest absolute Gasteiger partial charge is 0.444 e. The van der Waals surface area contributed by atoms with E-state index in [-0.39, 0.29) is 17.8 Å². The molecule has 124 valence electrons. The predicted molar refractivity (Wildman–Crippen MR) is 85.8 cm³/mol. The fourth-order valence-corrected chi connectivity index (χ4v) is 1.71. The van der Waals surface area contributed by atoms with Crippen molar-refractivity contribution >= 4 is 17.5 Å². The number of rotatable bonds is 5. The molecule has 1 aromatic rings. The molecule has 0 saturated heterocycles. The van der Waals surface area contributed by atoms with E-state index in [4.69, 9.17) is 9.47 Å². The zero-order valence-electron chi connectivity index (χ0n) is 14.0. The smallest absolute Gasteiger partial charge is 0.412 e. The standard InChI is InChI=1S/C16H25FN2O3/c1-10(11(2)21-6)18-12-7-8-13(17)14(9-12)19-15(20)22-16(3,4)5/h7-11,18H,1-6H3,(H,19,20). The van der Waals surface area contributed by atoms with Gasteiger partial charge in [0.25, 0.3) is 0 Å². The minimum absolute atomic E-state index is 0.00711. The molecule has 0 heterocycles. The van der Waals surface area contributed by atoms with Gasteiger partial charge in [-0.25, -0.2) is 9.18 Å². The second-order valence-corrected chi connectivity index (χ2v) is 6.20. The molecule has 0 fully saturated rings. The third kappa shape index (κ3) is 5.89. The number of hydrogen-bond acceptors (Lipinski definition) is 4. The Labute approximate surface area is 131 Å². The predicted octanol–water partition coefficient (Wildman–Crippen LogP) is 4.01. The molecule has 0 aliphatic carbocycles. The highest BCUT2D eigenvalue weighted by Gasteiger charge is 2.18. The van der Waals surface area contributed by atoms with Crippen LogP contribution < -0.4 is 10.6 Å². The van der Waals surface area contributed by atoms with E-state index in [2.05, 4.69) is 10.6 Å². The number of carbonyl (C=O) groups is 1. The van der Waals surface area contributed by atoms with Crippen molar-refractivity contribution in [2.24, 2.45) is 0 Å². The Morgan fingerprint density at radius 2 is 1.91 bits per heavy atom. The van der Waals surface area contributed by atoms with Crippen molar-refractivity contribution in [3.8, 4) is 0 Å². The number of carbonyl (C=O) groups excluding carboxylic acids is 1. The zero-order valence-corrected chi connectivity index (χ0v) is 14.0. The number of ether oxygens (including phenoxy) is 2. The summed E-state index contributed by atoms with van der Waals surface area (Å²) in [7, 11) is 1.63. The molecule has 1 amide bonds. The van der Waals surface area contributed by atoms with Crippen molar-refractivity contribution < 1.29 is 18.7 Å². The van der Waals surface area contributed by atoms with Gasteiger partial charge in [0, 0.05) is 18.8 Å². The zero-order chi connectivity index (χ0) is 16.9. The summed E-state index contributed by atoms with van der Waals surface area (Å²) in [6.07, 6.45) is -0.700. The third-order valence-corrected chi connectivity index (χ3v) is 3.07. The minimum Gasteiger partial charge on any atom is -0.444 e. The van der Waals surface area contributed by atoms with Gasteiger partial charge in [0.1, 0.15) is 11.4 Å². The van der Waals surface area contributed by atoms with E-state index in [1.807, 2.05) is 13.8 Å². The highest BCUT2D eigenvalue weighted by atomic mass is 19.1. The fourth-order valence-electron chi connectivity index (χ4n) is 1.71. The first-order chi connectivity index (χ1) is 10.1. The molecule has 0 aliphatic rings. The first kappa shape index (κ1) is 18.2. The van der Waals surface area contributed by atoms with Gasteiger partial charge in [-0.05, 0) is 52.8 Å². The van der Waals surface area contributed by atoms with Crippen LogP contribution in [0.4, 0.5) is 20.6 Å². The molecule has 0 radical (unpaired) electrons. The van der Waals surface area contributed by atoms with Gasteiger partial charge in [-0.1, -0.05) is 0 Å². The van der Waals surface area contributed by atoms with Crippen LogP contribution in [0.2, 0.25) is 0 Å². The van der Waals surface area contributed by atoms with Gasteiger partial charge in [0.15, 0.2) is 0 Å². The Balaban J connectivity index is 2.80. The lowest BCUT2D eigenvalue weighted by atomic mass is 10.2. The van der Waals surface area contributed by atoms with Crippen LogP contribution in [-0.2, 0) is 9.47 Å². The third-order valence-electron chi connectivity index (χ3n) is 3.07. The average molecular weight is 312 g/mol. The van der Waals surface area contributed by atoms with Crippen LogP contribution in [0.1, 0.15) is 34.6 Å². The molecule has 1 aromatic carbocycles. The summed E-state index contributed by atoms with van der Waals surface area (Å²) in [5.41, 5.74) is 0.110. The monoisotopic (exact) mass is 312 g/mol. The Bertz CT molecular complexity index is 515. The fraction of sp³-hybridized carbons (Fsp3) is 0.562. The molecule has 2 atom stereocenters. The van der Waals surface area contributed by atoms with Crippen LogP contribution >= 0.6 is 0 Å². The normalized spacial score (nSPS) is 14.1. The number of halogens is 1. The van der Waals surface area contributed by atoms with Gasteiger partial charge in [0.05, 0.1) is 11.8 Å². The summed E-state index contributed by atoms with van der Waals surface area (Å²) in [5, 5.41) is 5.61. The van der Waals surface area contributed by atoms with E-state index < -0.39 is 17.5 Å². The molecule has 2 N–H and O–H groups in total. The van der Waals surface area contributed by atoms with Crippen molar-refractivity contribution in [3.05, 3.63) is 24.0 Å². The van der Waals surface area contributed by atoms with E-state index in [0.717, 1.165) is 0 Å². The topological polar surface area (TPSA) is 59.6 Å². The number of methoxy groups -OCH3 is 1. The molecule has 0 aliphatic heterocycles. The van der Waals surface area contributed by atoms with Crippen LogP contribution in [0, 0.1) is 5.82 Å². The van der Waals surface area contributed by atoms with Crippen molar-refractivity contribution in [3.63, 3.8) is 0 Å². The summed E-state index contributed by atoms with van der Waals surface area (Å²) in [4.78, 5) is 11.7. The van der Waals surface area contributed by atoms with E-state index in [1.54, 1.807) is 33.9 Å². The number of benzene rings is 1. The molecule has 5 nitrogen and oxygen atoms in total. The number of amides is 1. The van der Waals surface area contributed by atoms with Crippen molar-refractivity contribution in [2.75, 3.05) is 17.7 Å². The first-order valence-electron chi connectivity index (χ1n) is 7.21. The second-order valence-electron chi connectivity index (χ2n) is 6.20. The van der Waals surface area contributed by atoms with Gasteiger partial charge >= 0.3 is 6.09 Å². The molecule has 22 heavy (non-hydrogen) atoms. The van der Waals surface area contributed by atoms with Crippen molar-refractivity contribution in [1.82, 2.24) is 0 Å². The summed E-state index contributed by atoms with van der Waals surface area (Å²) >= 11 is 0. The van der Waals surface area contributed by atoms with E-state index in [1.165, 1.54) is 12.1 Å². The first-order valence-corrected chi connectivity index (χ1v) is 7.21. The van der Waals surface area contributed by atoms with Crippen molar-refractivity contribution in [1.29, 1.82) is 0 Å². The van der Waals surface area contributed by atoms with E-state index in [9.17, 15) is 9.18 Å². The summed E-state index contributed by atoms with van der Waals surface area (Å²) in [6, 6.07) is 4.45. The molecule has 0 spiro atoms. The van der Waals surface area contributed by atoms with Gasteiger partial charge in [-0.2, -0.15) is 0 Å². The van der Waals surface area contributed by atoms with Crippen LogP contribution in [-0.4, -0.2) is 30.9 Å². The van der Waals surface area contributed by atoms with Crippen LogP contribution in [0.25, 0.3) is 0 Å². The number of nitrogens with one attached hydrogen (secondary N) is 2. The molecule has 0 aromatic heterocycles. The van der Waals surface area contributed by atoms with Crippen molar-refractivity contribution in [2.45, 2.75) is 52.4 Å². The highest BCUT2D eigenvalue weighted by Crippen LogP contribution is 2.22. The summed E-state index contributed by atoms with van der Waals surface area (Å²) < 4.78 is 24.1. The molecular weight excluding hydrogens is 287 g/mol. The molecule has 0 bridgehead atoms.